The maximum atomic E-state index is 13.5. The van der Waals surface area contributed by atoms with Crippen LogP contribution in [0.2, 0.25) is 0 Å². The van der Waals surface area contributed by atoms with Crippen LogP contribution in [0.1, 0.15) is 18.9 Å². The highest BCUT2D eigenvalue weighted by atomic mass is 19.1. The van der Waals surface area contributed by atoms with Crippen molar-refractivity contribution in [3.63, 3.8) is 0 Å². The lowest BCUT2D eigenvalue weighted by molar-refractivity contribution is 0.0181. The minimum atomic E-state index is -0.613. The molecular weight excluding hydrogens is 417 g/mol. The molecule has 1 atom stereocenters. The minimum absolute atomic E-state index is 0.280. The maximum Gasteiger partial charge on any atom is 0.232 e. The van der Waals surface area contributed by atoms with E-state index in [-0.39, 0.29) is 12.4 Å². The molecule has 1 unspecified atom stereocenters. The molecular formula is C23H34FN3O5. The summed E-state index contributed by atoms with van der Waals surface area (Å²) in [6.45, 7) is 7.73. The Bertz CT molecular complexity index is 795. The van der Waals surface area contributed by atoms with Crippen molar-refractivity contribution in [2.45, 2.75) is 26.0 Å². The molecule has 178 valence electrons. The molecule has 1 saturated heterocycles. The molecule has 0 bridgehead atoms. The Morgan fingerprint density at radius 1 is 1.25 bits per heavy atom. The van der Waals surface area contributed by atoms with Crippen molar-refractivity contribution in [2.24, 2.45) is 0 Å². The number of morpholine rings is 1. The Morgan fingerprint density at radius 2 is 2.00 bits per heavy atom. The Labute approximate surface area is 188 Å². The van der Waals surface area contributed by atoms with Gasteiger partial charge in [0.05, 0.1) is 31.5 Å². The highest BCUT2D eigenvalue weighted by Gasteiger charge is 2.26. The number of rotatable bonds is 13. The first-order valence-electron chi connectivity index (χ1n) is 11.2. The van der Waals surface area contributed by atoms with Crippen LogP contribution in [-0.2, 0) is 20.8 Å². The number of hydrogen-bond acceptors (Lipinski definition) is 8. The second-order valence-electron chi connectivity index (χ2n) is 7.82. The predicted molar refractivity (Wildman–Crippen MR) is 119 cm³/mol. The van der Waals surface area contributed by atoms with Gasteiger partial charge in [-0.2, -0.15) is 0 Å². The van der Waals surface area contributed by atoms with E-state index in [0.29, 0.717) is 64.2 Å². The summed E-state index contributed by atoms with van der Waals surface area (Å²) >= 11 is 0. The van der Waals surface area contributed by atoms with Crippen LogP contribution in [0.15, 0.2) is 28.8 Å². The zero-order valence-electron chi connectivity index (χ0n) is 19.0. The fourth-order valence-corrected chi connectivity index (χ4v) is 3.79. The number of benzene rings is 1. The molecule has 0 radical (unpaired) electrons. The first-order chi connectivity index (χ1) is 15.6. The second-order valence-corrected chi connectivity index (χ2v) is 7.82. The first kappa shape index (κ1) is 24.6. The molecule has 0 spiro atoms. The smallest absolute Gasteiger partial charge is 0.232 e. The highest BCUT2D eigenvalue weighted by Crippen LogP contribution is 2.33. The maximum absolute atomic E-state index is 13.5. The third kappa shape index (κ3) is 6.98. The number of aliphatic hydroxyl groups excluding tert-OH is 1. The van der Waals surface area contributed by atoms with Crippen LogP contribution < -0.4 is 4.90 Å². The quantitative estimate of drug-likeness (QED) is 0.466. The zero-order valence-corrected chi connectivity index (χ0v) is 19.0. The molecule has 32 heavy (non-hydrogen) atoms. The Kier molecular flexibility index (Phi) is 9.89. The van der Waals surface area contributed by atoms with E-state index in [4.69, 9.17) is 18.7 Å². The van der Waals surface area contributed by atoms with Gasteiger partial charge in [0.25, 0.3) is 0 Å². The fourth-order valence-electron chi connectivity index (χ4n) is 3.79. The summed E-state index contributed by atoms with van der Waals surface area (Å²) < 4.78 is 35.4. The van der Waals surface area contributed by atoms with Crippen molar-refractivity contribution < 1.29 is 28.2 Å². The van der Waals surface area contributed by atoms with Gasteiger partial charge in [0.1, 0.15) is 11.5 Å². The number of nitrogens with zero attached hydrogens (tertiary/aromatic N) is 3. The zero-order chi connectivity index (χ0) is 22.8. The largest absolute Gasteiger partial charge is 0.389 e. The van der Waals surface area contributed by atoms with Crippen LogP contribution in [0, 0.1) is 5.82 Å². The molecule has 0 saturated carbocycles. The number of hydrogen-bond donors (Lipinski definition) is 1. The van der Waals surface area contributed by atoms with Crippen molar-refractivity contribution in [3.05, 3.63) is 35.6 Å². The molecule has 3 rings (SSSR count). The van der Waals surface area contributed by atoms with Crippen LogP contribution in [0.4, 0.5) is 10.3 Å². The van der Waals surface area contributed by atoms with Crippen molar-refractivity contribution >= 4 is 5.88 Å². The van der Waals surface area contributed by atoms with Crippen molar-refractivity contribution in [3.8, 4) is 11.3 Å². The second kappa shape index (κ2) is 12.9. The summed E-state index contributed by atoms with van der Waals surface area (Å²) in [5, 5.41) is 14.8. The molecule has 1 aromatic heterocycles. The fraction of sp³-hybridized carbons (Fsp3) is 0.609. The number of aromatic nitrogens is 1. The van der Waals surface area contributed by atoms with Gasteiger partial charge in [0, 0.05) is 58.6 Å². The first-order valence-corrected chi connectivity index (χ1v) is 11.2. The van der Waals surface area contributed by atoms with Gasteiger partial charge in [-0.15, -0.1) is 0 Å². The highest BCUT2D eigenvalue weighted by molar-refractivity contribution is 5.68. The van der Waals surface area contributed by atoms with E-state index < -0.39 is 6.10 Å². The van der Waals surface area contributed by atoms with Crippen LogP contribution >= 0.6 is 0 Å². The standard InChI is InChI=1S/C23H34FN3O5/c1-3-30-17-20(28)15-26(9-4-12-29-2)16-21-22(18-5-7-19(24)8-6-18)25-32-23(21)27-10-13-31-14-11-27/h5-8,20,28H,3-4,9-17H2,1-2H3. The molecule has 2 heterocycles. The summed E-state index contributed by atoms with van der Waals surface area (Å²) in [4.78, 5) is 4.29. The number of halogens is 1. The van der Waals surface area contributed by atoms with E-state index in [1.807, 2.05) is 6.92 Å². The van der Waals surface area contributed by atoms with E-state index in [2.05, 4.69) is 15.0 Å². The van der Waals surface area contributed by atoms with Gasteiger partial charge in [-0.25, -0.2) is 4.39 Å². The molecule has 2 aromatic rings. The molecule has 1 aromatic carbocycles. The van der Waals surface area contributed by atoms with Crippen LogP contribution in [-0.4, -0.2) is 87.6 Å². The summed E-state index contributed by atoms with van der Waals surface area (Å²) in [5.74, 6) is 0.399. The molecule has 1 N–H and O–H groups in total. The molecule has 8 nitrogen and oxygen atoms in total. The molecule has 0 amide bonds. The molecule has 1 aliphatic heterocycles. The molecule has 1 fully saturated rings. The molecule has 1 aliphatic rings. The SMILES string of the molecule is CCOCC(O)CN(CCCOC)Cc1c(-c2ccc(F)cc2)noc1N1CCOCC1. The van der Waals surface area contributed by atoms with Gasteiger partial charge >= 0.3 is 0 Å². The van der Waals surface area contributed by atoms with E-state index in [1.54, 1.807) is 19.2 Å². The average molecular weight is 452 g/mol. The Balaban J connectivity index is 1.87. The van der Waals surface area contributed by atoms with Crippen molar-refractivity contribution in [1.29, 1.82) is 0 Å². The predicted octanol–water partition coefficient (Wildman–Crippen LogP) is 2.55. The van der Waals surface area contributed by atoms with Crippen molar-refractivity contribution in [2.75, 3.05) is 71.2 Å². The number of methoxy groups -OCH3 is 1. The van der Waals surface area contributed by atoms with E-state index in [9.17, 15) is 9.50 Å². The van der Waals surface area contributed by atoms with Gasteiger partial charge < -0.3 is 28.7 Å². The average Bonchev–Trinajstić information content (AvgIpc) is 3.22. The summed E-state index contributed by atoms with van der Waals surface area (Å²) in [6, 6.07) is 6.26. The summed E-state index contributed by atoms with van der Waals surface area (Å²) in [5.41, 5.74) is 2.39. The Hall–Kier alpha value is -2.04. The van der Waals surface area contributed by atoms with E-state index in [0.717, 1.165) is 24.1 Å². The third-order valence-corrected chi connectivity index (χ3v) is 5.37. The van der Waals surface area contributed by atoms with Crippen LogP contribution in [0.3, 0.4) is 0 Å². The number of ether oxygens (including phenoxy) is 3. The molecule has 0 aliphatic carbocycles. The van der Waals surface area contributed by atoms with Gasteiger partial charge in [0.2, 0.25) is 5.88 Å². The van der Waals surface area contributed by atoms with E-state index >= 15 is 0 Å². The van der Waals surface area contributed by atoms with Gasteiger partial charge in [-0.3, -0.25) is 4.90 Å². The lowest BCUT2D eigenvalue weighted by atomic mass is 10.1. The summed E-state index contributed by atoms with van der Waals surface area (Å²) in [7, 11) is 1.68. The number of anilines is 1. The summed E-state index contributed by atoms with van der Waals surface area (Å²) in [6.07, 6.45) is 0.209. The monoisotopic (exact) mass is 451 g/mol. The third-order valence-electron chi connectivity index (χ3n) is 5.37. The van der Waals surface area contributed by atoms with Crippen LogP contribution in [0.5, 0.6) is 0 Å². The van der Waals surface area contributed by atoms with Crippen LogP contribution in [0.25, 0.3) is 11.3 Å². The van der Waals surface area contributed by atoms with Gasteiger partial charge in [0.15, 0.2) is 0 Å². The normalized spacial score (nSPS) is 15.5. The Morgan fingerprint density at radius 3 is 2.69 bits per heavy atom. The molecule has 9 heteroatoms. The lowest BCUT2D eigenvalue weighted by Gasteiger charge is -2.29. The topological polar surface area (TPSA) is 80.4 Å². The van der Waals surface area contributed by atoms with Gasteiger partial charge in [-0.05, 0) is 37.6 Å². The van der Waals surface area contributed by atoms with E-state index in [1.165, 1.54) is 12.1 Å². The van der Waals surface area contributed by atoms with Crippen molar-refractivity contribution in [1.82, 2.24) is 10.1 Å². The lowest BCUT2D eigenvalue weighted by Crippen LogP contribution is -2.38. The number of aliphatic hydroxyl groups is 1. The minimum Gasteiger partial charge on any atom is -0.389 e. The van der Waals surface area contributed by atoms with Gasteiger partial charge in [-0.1, -0.05) is 5.16 Å².